The minimum Gasteiger partial charge on any atom is -0.259 e. The van der Waals surface area contributed by atoms with Crippen molar-refractivity contribution in [1.29, 1.82) is 0 Å². The lowest BCUT2D eigenvalue weighted by Gasteiger charge is -2.19. The zero-order chi connectivity index (χ0) is 19.5. The summed E-state index contributed by atoms with van der Waals surface area (Å²) in [5.74, 6) is 0. The summed E-state index contributed by atoms with van der Waals surface area (Å²) >= 11 is 0. The molecule has 0 saturated carbocycles. The molecule has 2 atom stereocenters. The molecular weight excluding hydrogens is 336 g/mol. The Morgan fingerprint density at radius 3 is 1.35 bits per heavy atom. The normalized spacial score (nSPS) is 16.5. The molecular formula is C24H34OS. The second-order valence-electron chi connectivity index (χ2n) is 5.73. The fourth-order valence-corrected chi connectivity index (χ4v) is 4.09. The monoisotopic (exact) mass is 370 g/mol. The highest BCUT2D eigenvalue weighted by Crippen LogP contribution is 2.18. The fraction of sp³-hybridized carbons (Fsp3) is 0.333. The van der Waals surface area contributed by atoms with Gasteiger partial charge in [-0.3, -0.25) is 4.21 Å². The molecule has 0 aliphatic carbocycles. The molecule has 2 heteroatoms. The molecule has 1 nitrogen and oxygen atoms in total. The summed E-state index contributed by atoms with van der Waals surface area (Å²) in [4.78, 5) is 0. The van der Waals surface area contributed by atoms with E-state index in [1.807, 2.05) is 60.8 Å². The standard InChI is InChI=1S/C24H34OS/c1-5-9-11-13-15-17-19-21-23(7-3)26(25)24(8-4)22-20-18-16-14-12-10-6-2/h5-6,9-20,23-24H,1-2,7-8,21-22H2,3-4H3. The maximum atomic E-state index is 12.9. The smallest absolute Gasteiger partial charge is 0.0382 e. The first-order chi connectivity index (χ1) is 12.7. The average molecular weight is 371 g/mol. The van der Waals surface area contributed by atoms with Crippen LogP contribution in [-0.2, 0) is 10.8 Å². The highest BCUT2D eigenvalue weighted by Gasteiger charge is 2.20. The Morgan fingerprint density at radius 2 is 1.00 bits per heavy atom. The highest BCUT2D eigenvalue weighted by atomic mass is 32.2. The number of allylic oxidation sites excluding steroid dienone is 14. The van der Waals surface area contributed by atoms with Crippen molar-refractivity contribution in [2.45, 2.75) is 50.0 Å². The maximum absolute atomic E-state index is 12.9. The van der Waals surface area contributed by atoms with Gasteiger partial charge in [0.15, 0.2) is 0 Å². The zero-order valence-corrected chi connectivity index (χ0v) is 17.1. The minimum absolute atomic E-state index is 0.216. The summed E-state index contributed by atoms with van der Waals surface area (Å²) in [5, 5.41) is 0.431. The topological polar surface area (TPSA) is 17.1 Å². The van der Waals surface area contributed by atoms with Gasteiger partial charge in [0.2, 0.25) is 0 Å². The van der Waals surface area contributed by atoms with Crippen molar-refractivity contribution in [3.63, 3.8) is 0 Å². The number of rotatable bonds is 14. The lowest BCUT2D eigenvalue weighted by molar-refractivity contribution is 0.643. The van der Waals surface area contributed by atoms with E-state index in [9.17, 15) is 4.21 Å². The van der Waals surface area contributed by atoms with Gasteiger partial charge in [0, 0.05) is 21.3 Å². The van der Waals surface area contributed by atoms with E-state index in [1.54, 1.807) is 12.2 Å². The lowest BCUT2D eigenvalue weighted by atomic mass is 10.2. The molecule has 0 radical (unpaired) electrons. The molecule has 0 aliphatic rings. The molecule has 0 bridgehead atoms. The van der Waals surface area contributed by atoms with Gasteiger partial charge in [0.1, 0.15) is 0 Å². The van der Waals surface area contributed by atoms with Gasteiger partial charge < -0.3 is 0 Å². The van der Waals surface area contributed by atoms with Gasteiger partial charge in [0.25, 0.3) is 0 Å². The fourth-order valence-electron chi connectivity index (χ4n) is 2.28. The van der Waals surface area contributed by atoms with Crippen molar-refractivity contribution in [1.82, 2.24) is 0 Å². The third-order valence-corrected chi connectivity index (χ3v) is 6.16. The molecule has 0 fully saturated rings. The quantitative estimate of drug-likeness (QED) is 0.308. The van der Waals surface area contributed by atoms with Gasteiger partial charge in [-0.25, -0.2) is 0 Å². The largest absolute Gasteiger partial charge is 0.259 e. The van der Waals surface area contributed by atoms with E-state index in [2.05, 4.69) is 39.2 Å². The summed E-state index contributed by atoms with van der Waals surface area (Å²) in [7, 11) is -0.821. The van der Waals surface area contributed by atoms with Crippen LogP contribution in [0.3, 0.4) is 0 Å². The van der Waals surface area contributed by atoms with E-state index in [4.69, 9.17) is 0 Å². The Hall–Kier alpha value is -1.93. The molecule has 0 aromatic carbocycles. The maximum Gasteiger partial charge on any atom is 0.0382 e. The predicted molar refractivity (Wildman–Crippen MR) is 121 cm³/mol. The molecule has 0 N–H and O–H groups in total. The molecule has 0 aromatic heterocycles. The van der Waals surface area contributed by atoms with Gasteiger partial charge in [-0.15, -0.1) is 0 Å². The minimum atomic E-state index is -0.821. The Kier molecular flexibility index (Phi) is 16.6. The first kappa shape index (κ1) is 24.1. The van der Waals surface area contributed by atoms with E-state index >= 15 is 0 Å². The predicted octanol–water partition coefficient (Wildman–Crippen LogP) is 6.78. The SMILES string of the molecule is C=CC=CC=CC=CCC(CC)S(=O)C(CC)CC=CC=CC=CC=C. The van der Waals surface area contributed by atoms with Crippen LogP contribution in [-0.4, -0.2) is 14.7 Å². The molecule has 0 spiro atoms. The van der Waals surface area contributed by atoms with Gasteiger partial charge >= 0.3 is 0 Å². The van der Waals surface area contributed by atoms with Crippen LogP contribution >= 0.6 is 0 Å². The van der Waals surface area contributed by atoms with E-state index in [1.165, 1.54) is 0 Å². The molecule has 0 rings (SSSR count). The third-order valence-electron chi connectivity index (χ3n) is 3.80. The van der Waals surface area contributed by atoms with Gasteiger partial charge in [-0.05, 0) is 25.7 Å². The van der Waals surface area contributed by atoms with Crippen LogP contribution in [0.4, 0.5) is 0 Å². The van der Waals surface area contributed by atoms with Crippen LogP contribution in [0.15, 0.2) is 98.2 Å². The van der Waals surface area contributed by atoms with Crippen molar-refractivity contribution in [3.05, 3.63) is 98.2 Å². The second-order valence-corrected chi connectivity index (χ2v) is 7.72. The number of hydrogen-bond acceptors (Lipinski definition) is 1. The molecule has 0 heterocycles. The molecule has 0 saturated heterocycles. The third kappa shape index (κ3) is 12.4. The van der Waals surface area contributed by atoms with Crippen molar-refractivity contribution in [2.75, 3.05) is 0 Å². The van der Waals surface area contributed by atoms with E-state index in [-0.39, 0.29) is 10.5 Å². The molecule has 2 unspecified atom stereocenters. The van der Waals surface area contributed by atoms with Gasteiger partial charge in [-0.1, -0.05) is 112 Å². The highest BCUT2D eigenvalue weighted by molar-refractivity contribution is 7.86. The van der Waals surface area contributed by atoms with Crippen LogP contribution in [0.5, 0.6) is 0 Å². The lowest BCUT2D eigenvalue weighted by Crippen LogP contribution is -2.24. The zero-order valence-electron chi connectivity index (χ0n) is 16.3. The van der Waals surface area contributed by atoms with Gasteiger partial charge in [-0.2, -0.15) is 0 Å². The summed E-state index contributed by atoms with van der Waals surface area (Å²) in [6.45, 7) is 11.5. The van der Waals surface area contributed by atoms with E-state index in [0.29, 0.717) is 0 Å². The second kappa shape index (κ2) is 17.9. The summed E-state index contributed by atoms with van der Waals surface area (Å²) in [6, 6.07) is 0. The molecule has 0 aromatic rings. The van der Waals surface area contributed by atoms with Gasteiger partial charge in [0.05, 0.1) is 0 Å². The first-order valence-electron chi connectivity index (χ1n) is 9.32. The summed E-state index contributed by atoms with van der Waals surface area (Å²) in [5.41, 5.74) is 0. The van der Waals surface area contributed by atoms with Crippen LogP contribution in [0.1, 0.15) is 39.5 Å². The molecule has 0 amide bonds. The Balaban J connectivity index is 4.55. The van der Waals surface area contributed by atoms with Crippen molar-refractivity contribution >= 4 is 10.8 Å². The molecule has 26 heavy (non-hydrogen) atoms. The van der Waals surface area contributed by atoms with Crippen LogP contribution in [0, 0.1) is 0 Å². The molecule has 142 valence electrons. The van der Waals surface area contributed by atoms with E-state index in [0.717, 1.165) is 25.7 Å². The molecule has 0 aliphatic heterocycles. The van der Waals surface area contributed by atoms with Crippen LogP contribution < -0.4 is 0 Å². The van der Waals surface area contributed by atoms with Crippen LogP contribution in [0.2, 0.25) is 0 Å². The first-order valence-corrected chi connectivity index (χ1v) is 10.6. The van der Waals surface area contributed by atoms with Crippen molar-refractivity contribution in [2.24, 2.45) is 0 Å². The Bertz CT molecular complexity index is 523. The Labute approximate surface area is 163 Å². The van der Waals surface area contributed by atoms with Crippen molar-refractivity contribution < 1.29 is 4.21 Å². The summed E-state index contributed by atoms with van der Waals surface area (Å²) < 4.78 is 12.9. The number of hydrogen-bond donors (Lipinski definition) is 0. The Morgan fingerprint density at radius 1 is 0.654 bits per heavy atom. The summed E-state index contributed by atoms with van der Waals surface area (Å²) in [6.07, 6.45) is 30.9. The van der Waals surface area contributed by atoms with Crippen LogP contribution in [0.25, 0.3) is 0 Å². The average Bonchev–Trinajstić information content (AvgIpc) is 2.66. The van der Waals surface area contributed by atoms with E-state index < -0.39 is 10.8 Å². The van der Waals surface area contributed by atoms with Crippen molar-refractivity contribution in [3.8, 4) is 0 Å².